The minimum Gasteiger partial charge on any atom is -0.356 e. The molecule has 31 heavy (non-hydrogen) atoms. The molecule has 2 heterocycles. The highest BCUT2D eigenvalue weighted by molar-refractivity contribution is 14.0. The number of likely N-dealkylation sites (tertiary alicyclic amines) is 2. The summed E-state index contributed by atoms with van der Waals surface area (Å²) in [5, 5.41) is 7.85. The van der Waals surface area contributed by atoms with E-state index in [-0.39, 0.29) is 41.8 Å². The molecule has 0 radical (unpaired) electrons. The van der Waals surface area contributed by atoms with Gasteiger partial charge < -0.3 is 15.5 Å². The van der Waals surface area contributed by atoms with Crippen molar-refractivity contribution < 1.29 is 4.79 Å². The monoisotopic (exact) mass is 561 g/mol. The first kappa shape index (κ1) is 26.2. The number of benzene rings is 1. The van der Waals surface area contributed by atoms with Crippen molar-refractivity contribution in [3.05, 3.63) is 34.9 Å². The molecule has 0 aromatic heterocycles. The Hall–Kier alpha value is -1.06. The molecule has 1 amide bonds. The lowest BCUT2D eigenvalue weighted by Gasteiger charge is -2.40. The maximum atomic E-state index is 12.2. The van der Waals surface area contributed by atoms with Gasteiger partial charge in [0.25, 0.3) is 0 Å². The third-order valence-electron chi connectivity index (χ3n) is 6.29. The molecular weight excluding hydrogens is 525 g/mol. The van der Waals surface area contributed by atoms with E-state index in [9.17, 15) is 4.79 Å². The van der Waals surface area contributed by atoms with Crippen LogP contribution in [0.25, 0.3) is 0 Å². The van der Waals surface area contributed by atoms with Crippen LogP contribution in [0.3, 0.4) is 0 Å². The molecule has 2 N–H and O–H groups in total. The number of nitrogens with one attached hydrogen (secondary N) is 2. The largest absolute Gasteiger partial charge is 0.356 e. The summed E-state index contributed by atoms with van der Waals surface area (Å²) in [6, 6.07) is 8.83. The molecule has 3 atom stereocenters. The number of hydrogen-bond donors (Lipinski definition) is 2. The number of carbonyl (C=O) groups is 1. The van der Waals surface area contributed by atoms with Crippen LogP contribution in [0.15, 0.2) is 29.3 Å². The standard InChI is InChI=1S/C23H36ClN5O.HI/c1-16(2)22(30)29-12-10-20(15-29)27-23(25-3)26-14-18-8-6-11-28(4)21(18)17-7-5-9-19(24)13-17;/h5,7,9,13,16,18,20-21H,6,8,10-12,14-15H2,1-4H3,(H2,25,26,27);1H. The Morgan fingerprint density at radius 3 is 2.74 bits per heavy atom. The average Bonchev–Trinajstić information content (AvgIpc) is 3.18. The van der Waals surface area contributed by atoms with Gasteiger partial charge in [-0.25, -0.2) is 0 Å². The van der Waals surface area contributed by atoms with Crippen LogP contribution in [0.2, 0.25) is 5.02 Å². The summed E-state index contributed by atoms with van der Waals surface area (Å²) in [5.41, 5.74) is 1.28. The molecule has 174 valence electrons. The first-order valence-corrected chi connectivity index (χ1v) is 11.5. The van der Waals surface area contributed by atoms with Gasteiger partial charge in [-0.2, -0.15) is 0 Å². The number of halogens is 2. The summed E-state index contributed by atoms with van der Waals surface area (Å²) in [6.45, 7) is 7.43. The van der Waals surface area contributed by atoms with Crippen molar-refractivity contribution in [1.29, 1.82) is 0 Å². The Bertz CT molecular complexity index is 759. The third-order valence-corrected chi connectivity index (χ3v) is 6.52. The van der Waals surface area contributed by atoms with E-state index in [0.717, 1.165) is 43.6 Å². The third kappa shape index (κ3) is 6.96. The van der Waals surface area contributed by atoms with E-state index in [2.05, 4.69) is 39.7 Å². The highest BCUT2D eigenvalue weighted by Crippen LogP contribution is 2.35. The van der Waals surface area contributed by atoms with Crippen LogP contribution >= 0.6 is 35.6 Å². The molecule has 0 saturated carbocycles. The molecule has 2 fully saturated rings. The van der Waals surface area contributed by atoms with Crippen molar-refractivity contribution >= 4 is 47.4 Å². The first-order chi connectivity index (χ1) is 14.4. The van der Waals surface area contributed by atoms with E-state index in [1.54, 1.807) is 0 Å². The van der Waals surface area contributed by atoms with Crippen molar-refractivity contribution in [3.8, 4) is 0 Å². The maximum Gasteiger partial charge on any atom is 0.225 e. The molecule has 0 bridgehead atoms. The highest BCUT2D eigenvalue weighted by Gasteiger charge is 2.31. The number of rotatable bonds is 5. The zero-order valence-electron chi connectivity index (χ0n) is 19.1. The van der Waals surface area contributed by atoms with Gasteiger partial charge in [-0.3, -0.25) is 14.7 Å². The summed E-state index contributed by atoms with van der Waals surface area (Å²) in [5.74, 6) is 1.57. The maximum absolute atomic E-state index is 12.2. The number of hydrogen-bond acceptors (Lipinski definition) is 3. The van der Waals surface area contributed by atoms with Crippen molar-refractivity contribution in [2.45, 2.75) is 45.2 Å². The van der Waals surface area contributed by atoms with E-state index in [1.165, 1.54) is 18.4 Å². The van der Waals surface area contributed by atoms with Gasteiger partial charge in [0.2, 0.25) is 5.91 Å². The topological polar surface area (TPSA) is 60.0 Å². The Kier molecular flexibility index (Phi) is 10.4. The molecule has 0 spiro atoms. The molecule has 8 heteroatoms. The van der Waals surface area contributed by atoms with Gasteiger partial charge in [0.15, 0.2) is 5.96 Å². The highest BCUT2D eigenvalue weighted by atomic mass is 127. The van der Waals surface area contributed by atoms with E-state index in [1.807, 2.05) is 37.9 Å². The average molecular weight is 562 g/mol. The molecule has 0 aliphatic carbocycles. The van der Waals surface area contributed by atoms with Crippen LogP contribution in [0.5, 0.6) is 0 Å². The summed E-state index contributed by atoms with van der Waals surface area (Å²) >= 11 is 6.27. The van der Waals surface area contributed by atoms with Crippen LogP contribution in [0.4, 0.5) is 0 Å². The Morgan fingerprint density at radius 1 is 1.29 bits per heavy atom. The van der Waals surface area contributed by atoms with Crippen molar-refractivity contribution in [2.75, 3.05) is 40.3 Å². The first-order valence-electron chi connectivity index (χ1n) is 11.1. The number of guanidine groups is 1. The number of nitrogens with zero attached hydrogens (tertiary/aromatic N) is 3. The molecule has 2 saturated heterocycles. The Balaban J connectivity index is 0.00000341. The summed E-state index contributed by atoms with van der Waals surface area (Å²) in [6.07, 6.45) is 3.32. The molecule has 6 nitrogen and oxygen atoms in total. The lowest BCUT2D eigenvalue weighted by molar-refractivity contribution is -0.133. The van der Waals surface area contributed by atoms with Crippen LogP contribution < -0.4 is 10.6 Å². The molecule has 2 aliphatic heterocycles. The predicted molar refractivity (Wildman–Crippen MR) is 139 cm³/mol. The summed E-state index contributed by atoms with van der Waals surface area (Å²) < 4.78 is 0. The van der Waals surface area contributed by atoms with Crippen molar-refractivity contribution in [3.63, 3.8) is 0 Å². The SMILES string of the molecule is CN=C(NCC1CCCN(C)C1c1cccc(Cl)c1)NC1CCN(C(=O)C(C)C)C1.I. The van der Waals surface area contributed by atoms with Gasteiger partial charge in [0.1, 0.15) is 0 Å². The van der Waals surface area contributed by atoms with Gasteiger partial charge in [0, 0.05) is 49.7 Å². The second-order valence-electron chi connectivity index (χ2n) is 8.90. The van der Waals surface area contributed by atoms with Crippen LogP contribution in [-0.4, -0.2) is 68.0 Å². The van der Waals surface area contributed by atoms with Gasteiger partial charge >= 0.3 is 0 Å². The van der Waals surface area contributed by atoms with Crippen LogP contribution in [0.1, 0.15) is 44.7 Å². The number of amides is 1. The zero-order chi connectivity index (χ0) is 21.7. The molecule has 1 aromatic rings. The second-order valence-corrected chi connectivity index (χ2v) is 9.34. The zero-order valence-corrected chi connectivity index (χ0v) is 22.2. The predicted octanol–water partition coefficient (Wildman–Crippen LogP) is 3.76. The summed E-state index contributed by atoms with van der Waals surface area (Å²) in [7, 11) is 4.01. The fourth-order valence-corrected chi connectivity index (χ4v) is 4.95. The molecule has 1 aromatic carbocycles. The minimum absolute atomic E-state index is 0. The van der Waals surface area contributed by atoms with E-state index in [4.69, 9.17) is 11.6 Å². The van der Waals surface area contributed by atoms with Crippen molar-refractivity contribution in [2.24, 2.45) is 16.8 Å². The Morgan fingerprint density at radius 2 is 2.06 bits per heavy atom. The van der Waals surface area contributed by atoms with Gasteiger partial charge in [-0.15, -0.1) is 24.0 Å². The quantitative estimate of drug-likeness (QED) is 0.327. The van der Waals surface area contributed by atoms with Gasteiger partial charge in [-0.1, -0.05) is 37.6 Å². The molecule has 3 rings (SSSR count). The number of aliphatic imine (C=N–C) groups is 1. The summed E-state index contributed by atoms with van der Waals surface area (Å²) in [4.78, 5) is 21.1. The van der Waals surface area contributed by atoms with E-state index < -0.39 is 0 Å². The fraction of sp³-hybridized carbons (Fsp3) is 0.652. The molecular formula is C23H37ClIN5O. The smallest absolute Gasteiger partial charge is 0.225 e. The number of carbonyl (C=O) groups excluding carboxylic acids is 1. The van der Waals surface area contributed by atoms with E-state index in [0.29, 0.717) is 12.0 Å². The number of piperidine rings is 1. The molecule has 3 unspecified atom stereocenters. The Labute approximate surface area is 209 Å². The minimum atomic E-state index is 0. The van der Waals surface area contributed by atoms with Crippen molar-refractivity contribution in [1.82, 2.24) is 20.4 Å². The molecule has 2 aliphatic rings. The van der Waals surface area contributed by atoms with Gasteiger partial charge in [0.05, 0.1) is 0 Å². The van der Waals surface area contributed by atoms with E-state index >= 15 is 0 Å². The fourth-order valence-electron chi connectivity index (χ4n) is 4.75. The lowest BCUT2D eigenvalue weighted by atomic mass is 9.85. The lowest BCUT2D eigenvalue weighted by Crippen LogP contribution is -2.48. The van der Waals surface area contributed by atoms with Gasteiger partial charge in [-0.05, 0) is 56.5 Å². The van der Waals surface area contributed by atoms with Crippen LogP contribution in [0, 0.1) is 11.8 Å². The second kappa shape index (κ2) is 12.3. The van der Waals surface area contributed by atoms with Crippen LogP contribution in [-0.2, 0) is 4.79 Å². The normalized spacial score (nSPS) is 24.8.